The van der Waals surface area contributed by atoms with Crippen molar-refractivity contribution in [2.75, 3.05) is 0 Å². The summed E-state index contributed by atoms with van der Waals surface area (Å²) in [5.41, 5.74) is 1.49. The molecule has 6 heteroatoms. The average Bonchev–Trinajstić information content (AvgIpc) is 2.47. The summed E-state index contributed by atoms with van der Waals surface area (Å²) in [6.45, 7) is 3.94. The SMILES string of the molecule is CC(C)(c1ccc([N+](=O)[O-])cc1)c1ccc([N+](=O)[O-])cc1. The average molecular weight is 286 g/mol. The second-order valence-electron chi connectivity index (χ2n) is 5.23. The highest BCUT2D eigenvalue weighted by Crippen LogP contribution is 2.33. The number of hydrogen-bond acceptors (Lipinski definition) is 4. The Morgan fingerprint density at radius 2 is 1.00 bits per heavy atom. The summed E-state index contributed by atoms with van der Waals surface area (Å²) < 4.78 is 0. The lowest BCUT2D eigenvalue weighted by molar-refractivity contribution is -0.385. The molecule has 0 N–H and O–H groups in total. The molecule has 21 heavy (non-hydrogen) atoms. The van der Waals surface area contributed by atoms with Crippen LogP contribution in [0.15, 0.2) is 48.5 Å². The van der Waals surface area contributed by atoms with Crippen LogP contribution in [0.3, 0.4) is 0 Å². The lowest BCUT2D eigenvalue weighted by atomic mass is 9.78. The Bertz CT molecular complexity index is 616. The Morgan fingerprint density at radius 1 is 0.714 bits per heavy atom. The third-order valence-electron chi connectivity index (χ3n) is 3.60. The molecule has 2 rings (SSSR count). The highest BCUT2D eigenvalue weighted by molar-refractivity contribution is 5.44. The lowest BCUT2D eigenvalue weighted by Gasteiger charge is -2.25. The molecule has 0 bridgehead atoms. The fourth-order valence-electron chi connectivity index (χ4n) is 2.17. The van der Waals surface area contributed by atoms with Crippen molar-refractivity contribution in [1.29, 1.82) is 0 Å². The Morgan fingerprint density at radius 3 is 1.24 bits per heavy atom. The maximum absolute atomic E-state index is 10.7. The zero-order valence-corrected chi connectivity index (χ0v) is 11.6. The normalized spacial score (nSPS) is 11.1. The van der Waals surface area contributed by atoms with Crippen LogP contribution in [0.5, 0.6) is 0 Å². The molecule has 0 amide bonds. The van der Waals surface area contributed by atoms with Gasteiger partial charge in [0, 0.05) is 29.7 Å². The summed E-state index contributed by atoms with van der Waals surface area (Å²) >= 11 is 0. The van der Waals surface area contributed by atoms with Crippen LogP contribution in [0.25, 0.3) is 0 Å². The van der Waals surface area contributed by atoms with Crippen molar-refractivity contribution < 1.29 is 9.85 Å². The molecule has 0 spiro atoms. The van der Waals surface area contributed by atoms with Crippen molar-refractivity contribution in [1.82, 2.24) is 0 Å². The van der Waals surface area contributed by atoms with Gasteiger partial charge in [0.1, 0.15) is 0 Å². The first-order valence-electron chi connectivity index (χ1n) is 6.32. The van der Waals surface area contributed by atoms with E-state index in [9.17, 15) is 20.2 Å². The maximum atomic E-state index is 10.7. The molecule has 0 saturated heterocycles. The van der Waals surface area contributed by atoms with Gasteiger partial charge in [-0.1, -0.05) is 38.1 Å². The second-order valence-corrected chi connectivity index (χ2v) is 5.23. The zero-order valence-electron chi connectivity index (χ0n) is 11.6. The second kappa shape index (κ2) is 5.32. The Kier molecular flexibility index (Phi) is 3.71. The van der Waals surface area contributed by atoms with E-state index in [2.05, 4.69) is 0 Å². The van der Waals surface area contributed by atoms with Gasteiger partial charge >= 0.3 is 0 Å². The highest BCUT2D eigenvalue weighted by atomic mass is 16.6. The molecule has 0 atom stereocenters. The van der Waals surface area contributed by atoms with E-state index in [-0.39, 0.29) is 11.4 Å². The fraction of sp³-hybridized carbons (Fsp3) is 0.200. The standard InChI is InChI=1S/C15H14N2O4/c1-15(2,11-3-7-13(8-4-11)16(18)19)12-5-9-14(10-6-12)17(20)21/h3-10H,1-2H3. The van der Waals surface area contributed by atoms with E-state index < -0.39 is 15.3 Å². The van der Waals surface area contributed by atoms with Gasteiger partial charge in [0.05, 0.1) is 9.85 Å². The molecular formula is C15H14N2O4. The van der Waals surface area contributed by atoms with Gasteiger partial charge in [-0.15, -0.1) is 0 Å². The van der Waals surface area contributed by atoms with Crippen LogP contribution in [-0.4, -0.2) is 9.85 Å². The molecular weight excluding hydrogens is 272 g/mol. The van der Waals surface area contributed by atoms with E-state index >= 15 is 0 Å². The van der Waals surface area contributed by atoms with Crippen LogP contribution < -0.4 is 0 Å². The Labute approximate surface area is 121 Å². The molecule has 2 aromatic rings. The van der Waals surface area contributed by atoms with Gasteiger partial charge in [-0.3, -0.25) is 20.2 Å². The highest BCUT2D eigenvalue weighted by Gasteiger charge is 2.24. The van der Waals surface area contributed by atoms with Gasteiger partial charge < -0.3 is 0 Å². The molecule has 0 heterocycles. The topological polar surface area (TPSA) is 86.3 Å². The van der Waals surface area contributed by atoms with Gasteiger partial charge in [0.25, 0.3) is 11.4 Å². The van der Waals surface area contributed by atoms with Gasteiger partial charge in [-0.05, 0) is 11.1 Å². The number of nitro benzene ring substituents is 2. The largest absolute Gasteiger partial charge is 0.269 e. The minimum Gasteiger partial charge on any atom is -0.258 e. The van der Waals surface area contributed by atoms with E-state index in [0.29, 0.717) is 0 Å². The summed E-state index contributed by atoms with van der Waals surface area (Å²) in [6.07, 6.45) is 0. The summed E-state index contributed by atoms with van der Waals surface area (Å²) in [5.74, 6) is 0. The molecule has 0 unspecified atom stereocenters. The summed E-state index contributed by atoms with van der Waals surface area (Å²) in [4.78, 5) is 20.5. The van der Waals surface area contributed by atoms with Crippen LogP contribution >= 0.6 is 0 Å². The minimum absolute atomic E-state index is 0.0400. The summed E-state index contributed by atoms with van der Waals surface area (Å²) in [6, 6.07) is 12.7. The third kappa shape index (κ3) is 2.89. The number of rotatable bonds is 4. The van der Waals surface area contributed by atoms with Gasteiger partial charge in [-0.2, -0.15) is 0 Å². The summed E-state index contributed by atoms with van der Waals surface area (Å²) in [5, 5.41) is 21.3. The molecule has 6 nitrogen and oxygen atoms in total. The molecule has 0 aliphatic carbocycles. The quantitative estimate of drug-likeness (QED) is 0.631. The maximum Gasteiger partial charge on any atom is 0.269 e. The lowest BCUT2D eigenvalue weighted by Crippen LogP contribution is -2.18. The van der Waals surface area contributed by atoms with Crippen LogP contribution in [-0.2, 0) is 5.41 Å². The zero-order chi connectivity index (χ0) is 15.6. The Balaban J connectivity index is 2.36. The molecule has 0 saturated carbocycles. The van der Waals surface area contributed by atoms with Crippen molar-refractivity contribution in [3.05, 3.63) is 79.9 Å². The van der Waals surface area contributed by atoms with Gasteiger partial charge in [-0.25, -0.2) is 0 Å². The van der Waals surface area contributed by atoms with Crippen LogP contribution in [0.4, 0.5) is 11.4 Å². The number of non-ortho nitro benzene ring substituents is 2. The van der Waals surface area contributed by atoms with E-state index in [1.54, 1.807) is 24.3 Å². The number of hydrogen-bond donors (Lipinski definition) is 0. The van der Waals surface area contributed by atoms with Crippen molar-refractivity contribution in [3.63, 3.8) is 0 Å². The molecule has 0 aliphatic rings. The van der Waals surface area contributed by atoms with Crippen molar-refractivity contribution in [2.24, 2.45) is 0 Å². The third-order valence-corrected chi connectivity index (χ3v) is 3.60. The molecule has 108 valence electrons. The molecule has 0 radical (unpaired) electrons. The van der Waals surface area contributed by atoms with E-state index in [0.717, 1.165) is 11.1 Å². The van der Waals surface area contributed by atoms with E-state index in [1.807, 2.05) is 13.8 Å². The van der Waals surface area contributed by atoms with Crippen molar-refractivity contribution in [3.8, 4) is 0 Å². The van der Waals surface area contributed by atoms with Crippen LogP contribution in [0.1, 0.15) is 25.0 Å². The monoisotopic (exact) mass is 286 g/mol. The Hall–Kier alpha value is -2.76. The first kappa shape index (κ1) is 14.6. The van der Waals surface area contributed by atoms with E-state index in [4.69, 9.17) is 0 Å². The minimum atomic E-state index is -0.442. The molecule has 0 aromatic heterocycles. The molecule has 2 aromatic carbocycles. The predicted octanol–water partition coefficient (Wildman–Crippen LogP) is 3.83. The predicted molar refractivity (Wildman–Crippen MR) is 78.3 cm³/mol. The number of benzene rings is 2. The number of nitrogens with zero attached hydrogens (tertiary/aromatic N) is 2. The van der Waals surface area contributed by atoms with Gasteiger partial charge in [0.2, 0.25) is 0 Å². The smallest absolute Gasteiger partial charge is 0.258 e. The molecule has 0 fully saturated rings. The number of nitro groups is 2. The van der Waals surface area contributed by atoms with Crippen molar-refractivity contribution in [2.45, 2.75) is 19.3 Å². The van der Waals surface area contributed by atoms with Crippen LogP contribution in [0, 0.1) is 20.2 Å². The first-order chi connectivity index (χ1) is 9.82. The van der Waals surface area contributed by atoms with Crippen LogP contribution in [0.2, 0.25) is 0 Å². The van der Waals surface area contributed by atoms with Crippen molar-refractivity contribution >= 4 is 11.4 Å². The first-order valence-corrected chi connectivity index (χ1v) is 6.32. The molecule has 0 aliphatic heterocycles. The fourth-order valence-corrected chi connectivity index (χ4v) is 2.17. The van der Waals surface area contributed by atoms with E-state index in [1.165, 1.54) is 24.3 Å². The summed E-state index contributed by atoms with van der Waals surface area (Å²) in [7, 11) is 0. The van der Waals surface area contributed by atoms with Gasteiger partial charge in [0.15, 0.2) is 0 Å².